The molecule has 4 rings (SSSR count). The third-order valence-electron chi connectivity index (χ3n) is 5.43. The first-order valence-electron chi connectivity index (χ1n) is 8.63. The molecule has 0 saturated carbocycles. The number of anilines is 2. The number of amides is 4. The van der Waals surface area contributed by atoms with Crippen molar-refractivity contribution >= 4 is 46.9 Å². The summed E-state index contributed by atoms with van der Waals surface area (Å²) in [6.45, 7) is 5.91. The summed E-state index contributed by atoms with van der Waals surface area (Å²) >= 11 is 0. The van der Waals surface area contributed by atoms with Crippen molar-refractivity contribution in [2.45, 2.75) is 27.7 Å². The average molecular weight is 394 g/mol. The Kier molecular flexibility index (Phi) is 3.70. The molecule has 29 heavy (non-hydrogen) atoms. The van der Waals surface area contributed by atoms with Gasteiger partial charge in [0.25, 0.3) is 23.6 Å². The van der Waals surface area contributed by atoms with Crippen molar-refractivity contribution in [1.29, 1.82) is 0 Å². The molecule has 0 aromatic heterocycles. The first-order valence-corrected chi connectivity index (χ1v) is 8.63. The standard InChI is InChI=1S/C20H14N2O7/c1-7-8(2)16(24)21(15(7)23)11-5-12-14(20(28)29-19(12)27)13(6-11)22-17(25)9(3)10(4)18(22)26/h5-6H,1-4H3. The zero-order valence-corrected chi connectivity index (χ0v) is 15.9. The van der Waals surface area contributed by atoms with Gasteiger partial charge in [-0.2, -0.15) is 0 Å². The second-order valence-corrected chi connectivity index (χ2v) is 6.96. The van der Waals surface area contributed by atoms with Gasteiger partial charge in [0.1, 0.15) is 0 Å². The number of hydrogen-bond donors (Lipinski definition) is 0. The molecular formula is C20H14N2O7. The molecule has 3 heterocycles. The highest BCUT2D eigenvalue weighted by atomic mass is 16.6. The predicted molar refractivity (Wildman–Crippen MR) is 97.9 cm³/mol. The molecule has 3 aliphatic heterocycles. The summed E-state index contributed by atoms with van der Waals surface area (Å²) in [5, 5.41) is 0. The van der Waals surface area contributed by atoms with Crippen LogP contribution in [0.1, 0.15) is 48.4 Å². The van der Waals surface area contributed by atoms with Gasteiger partial charge in [-0.3, -0.25) is 19.2 Å². The van der Waals surface area contributed by atoms with E-state index in [1.165, 1.54) is 39.8 Å². The van der Waals surface area contributed by atoms with E-state index in [0.29, 0.717) is 0 Å². The lowest BCUT2D eigenvalue weighted by Gasteiger charge is -2.21. The second-order valence-electron chi connectivity index (χ2n) is 6.96. The van der Waals surface area contributed by atoms with Crippen LogP contribution in [0, 0.1) is 0 Å². The van der Waals surface area contributed by atoms with Crippen molar-refractivity contribution < 1.29 is 33.5 Å². The number of benzene rings is 1. The third-order valence-corrected chi connectivity index (χ3v) is 5.43. The van der Waals surface area contributed by atoms with E-state index in [0.717, 1.165) is 9.80 Å². The van der Waals surface area contributed by atoms with Gasteiger partial charge in [-0.15, -0.1) is 0 Å². The van der Waals surface area contributed by atoms with Crippen LogP contribution in [0.25, 0.3) is 0 Å². The number of carbonyl (C=O) groups is 6. The Morgan fingerprint density at radius 1 is 0.621 bits per heavy atom. The van der Waals surface area contributed by atoms with Crippen LogP contribution in [0.3, 0.4) is 0 Å². The van der Waals surface area contributed by atoms with Gasteiger partial charge in [0.15, 0.2) is 0 Å². The minimum atomic E-state index is -1.01. The molecule has 0 N–H and O–H groups in total. The summed E-state index contributed by atoms with van der Waals surface area (Å²) in [5.41, 5.74) is 0.107. The van der Waals surface area contributed by atoms with Gasteiger partial charge in [0.2, 0.25) is 0 Å². The summed E-state index contributed by atoms with van der Waals surface area (Å²) in [7, 11) is 0. The highest BCUT2D eigenvalue weighted by Crippen LogP contribution is 2.39. The van der Waals surface area contributed by atoms with E-state index in [9.17, 15) is 28.8 Å². The van der Waals surface area contributed by atoms with E-state index in [1.807, 2.05) is 0 Å². The van der Waals surface area contributed by atoms with Crippen LogP contribution in [0.4, 0.5) is 11.4 Å². The summed E-state index contributed by atoms with van der Waals surface area (Å²) < 4.78 is 4.63. The minimum absolute atomic E-state index is 0.0422. The molecule has 1 aromatic carbocycles. The lowest BCUT2D eigenvalue weighted by Crippen LogP contribution is -2.34. The van der Waals surface area contributed by atoms with E-state index in [4.69, 9.17) is 0 Å². The molecule has 9 nitrogen and oxygen atoms in total. The van der Waals surface area contributed by atoms with Gasteiger partial charge in [-0.05, 0) is 39.8 Å². The zero-order chi connectivity index (χ0) is 21.4. The molecule has 0 spiro atoms. The van der Waals surface area contributed by atoms with Crippen molar-refractivity contribution in [2.24, 2.45) is 0 Å². The van der Waals surface area contributed by atoms with E-state index in [1.54, 1.807) is 0 Å². The molecule has 146 valence electrons. The number of nitrogens with zero attached hydrogens (tertiary/aromatic N) is 2. The molecule has 0 atom stereocenters. The second kappa shape index (κ2) is 5.81. The van der Waals surface area contributed by atoms with Crippen molar-refractivity contribution in [1.82, 2.24) is 0 Å². The molecular weight excluding hydrogens is 380 g/mol. The maximum atomic E-state index is 12.6. The Bertz CT molecular complexity index is 1140. The lowest BCUT2D eigenvalue weighted by molar-refractivity contribution is -0.122. The Balaban J connectivity index is 1.95. The monoisotopic (exact) mass is 394 g/mol. The number of imide groups is 2. The topological polar surface area (TPSA) is 118 Å². The van der Waals surface area contributed by atoms with Crippen molar-refractivity contribution in [3.63, 3.8) is 0 Å². The van der Waals surface area contributed by atoms with E-state index in [2.05, 4.69) is 4.74 Å². The number of carbonyl (C=O) groups excluding carboxylic acids is 6. The van der Waals surface area contributed by atoms with Gasteiger partial charge >= 0.3 is 11.9 Å². The molecule has 0 unspecified atom stereocenters. The van der Waals surface area contributed by atoms with Crippen LogP contribution in [0.15, 0.2) is 34.4 Å². The first-order chi connectivity index (χ1) is 13.6. The summed E-state index contributed by atoms with van der Waals surface area (Å²) in [6.07, 6.45) is 0. The van der Waals surface area contributed by atoms with Crippen LogP contribution < -0.4 is 9.80 Å². The molecule has 4 amide bonds. The van der Waals surface area contributed by atoms with Gasteiger partial charge < -0.3 is 4.74 Å². The first kappa shape index (κ1) is 18.5. The zero-order valence-electron chi connectivity index (χ0n) is 15.9. The predicted octanol–water partition coefficient (Wildman–Crippen LogP) is 1.42. The maximum absolute atomic E-state index is 12.6. The number of rotatable bonds is 2. The Morgan fingerprint density at radius 2 is 1.07 bits per heavy atom. The van der Waals surface area contributed by atoms with E-state index < -0.39 is 35.6 Å². The smallest absolute Gasteiger partial charge is 0.349 e. The molecule has 0 bridgehead atoms. The fraction of sp³-hybridized carbons (Fsp3) is 0.200. The van der Waals surface area contributed by atoms with Crippen LogP contribution in [0.2, 0.25) is 0 Å². The molecule has 9 heteroatoms. The number of fused-ring (bicyclic) bond motifs is 1. The van der Waals surface area contributed by atoms with Gasteiger partial charge in [-0.1, -0.05) is 0 Å². The average Bonchev–Trinajstić information content (AvgIpc) is 3.15. The fourth-order valence-electron chi connectivity index (χ4n) is 3.43. The number of esters is 2. The molecule has 0 saturated heterocycles. The fourth-order valence-corrected chi connectivity index (χ4v) is 3.43. The summed E-state index contributed by atoms with van der Waals surface area (Å²) in [6, 6.07) is 2.37. The van der Waals surface area contributed by atoms with Gasteiger partial charge in [-0.25, -0.2) is 19.4 Å². The third kappa shape index (κ3) is 2.27. The van der Waals surface area contributed by atoms with Gasteiger partial charge in [0, 0.05) is 22.3 Å². The van der Waals surface area contributed by atoms with Crippen molar-refractivity contribution in [3.8, 4) is 0 Å². The highest BCUT2D eigenvalue weighted by molar-refractivity contribution is 6.36. The lowest BCUT2D eigenvalue weighted by atomic mass is 10.0. The Morgan fingerprint density at radius 3 is 1.55 bits per heavy atom. The summed E-state index contributed by atoms with van der Waals surface area (Å²) in [4.78, 5) is 76.3. The van der Waals surface area contributed by atoms with E-state index >= 15 is 0 Å². The molecule has 1 aromatic rings. The van der Waals surface area contributed by atoms with Crippen molar-refractivity contribution in [3.05, 3.63) is 45.6 Å². The largest absolute Gasteiger partial charge is 0.386 e. The normalized spacial score (nSPS) is 19.3. The number of cyclic esters (lactones) is 2. The van der Waals surface area contributed by atoms with Crippen LogP contribution in [-0.4, -0.2) is 35.6 Å². The van der Waals surface area contributed by atoms with Crippen LogP contribution in [-0.2, 0) is 23.9 Å². The van der Waals surface area contributed by atoms with Crippen LogP contribution >= 0.6 is 0 Å². The van der Waals surface area contributed by atoms with Crippen molar-refractivity contribution in [2.75, 3.05) is 9.80 Å². The maximum Gasteiger partial charge on any atom is 0.349 e. The number of ether oxygens (including phenoxy) is 1. The Labute approximate surface area is 164 Å². The Hall–Kier alpha value is -3.88. The highest BCUT2D eigenvalue weighted by Gasteiger charge is 2.43. The van der Waals surface area contributed by atoms with Gasteiger partial charge in [0.05, 0.1) is 22.5 Å². The molecule has 0 aliphatic carbocycles. The molecule has 3 aliphatic rings. The summed E-state index contributed by atoms with van der Waals surface area (Å²) in [5.74, 6) is -4.53. The van der Waals surface area contributed by atoms with E-state index in [-0.39, 0.29) is 44.8 Å². The molecule has 0 fully saturated rings. The SMILES string of the molecule is CC1=C(C)C(=O)N(c2cc3c(c(N4C(=O)C(C)=C(C)C4=O)c2)C(=O)OC3=O)C1=O. The quantitative estimate of drug-likeness (QED) is 0.423. The van der Waals surface area contributed by atoms with Crippen LogP contribution in [0.5, 0.6) is 0 Å². The molecule has 0 radical (unpaired) electrons. The number of hydrogen-bond acceptors (Lipinski definition) is 7. The minimum Gasteiger partial charge on any atom is -0.386 e.